The molecule has 0 spiro atoms. The maximum Gasteiger partial charge on any atom is 0.124 e. The van der Waals surface area contributed by atoms with Crippen LogP contribution in [-0.2, 0) is 13.2 Å². The predicted molar refractivity (Wildman–Crippen MR) is 91.8 cm³/mol. The number of benzene rings is 2. The van der Waals surface area contributed by atoms with Crippen LogP contribution in [0.1, 0.15) is 29.2 Å². The zero-order valence-corrected chi connectivity index (χ0v) is 14.5. The van der Waals surface area contributed by atoms with Gasteiger partial charge in [-0.3, -0.25) is 0 Å². The van der Waals surface area contributed by atoms with Crippen LogP contribution in [0.5, 0.6) is 5.75 Å². The smallest absolute Gasteiger partial charge is 0.124 e. The van der Waals surface area contributed by atoms with Gasteiger partial charge in [-0.25, -0.2) is 0 Å². The van der Waals surface area contributed by atoms with Gasteiger partial charge in [0.05, 0.1) is 0 Å². The summed E-state index contributed by atoms with van der Waals surface area (Å²) in [6.07, 6.45) is 0. The van der Waals surface area contributed by atoms with Gasteiger partial charge in [-0.2, -0.15) is 0 Å². The molecule has 0 aliphatic heterocycles. The van der Waals surface area contributed by atoms with E-state index in [1.807, 2.05) is 12.1 Å². The van der Waals surface area contributed by atoms with Gasteiger partial charge in [-0.1, -0.05) is 46.6 Å². The normalized spacial score (nSPS) is 10.7. The van der Waals surface area contributed by atoms with Crippen molar-refractivity contribution in [2.45, 2.75) is 33.9 Å². The minimum absolute atomic E-state index is 0.605. The van der Waals surface area contributed by atoms with Gasteiger partial charge < -0.3 is 10.1 Å². The van der Waals surface area contributed by atoms with Crippen molar-refractivity contribution in [3.8, 4) is 5.75 Å². The number of ether oxygens (including phenoxy) is 1. The van der Waals surface area contributed by atoms with E-state index in [4.69, 9.17) is 4.74 Å². The molecule has 0 saturated heterocycles. The van der Waals surface area contributed by atoms with Crippen molar-refractivity contribution in [2.75, 3.05) is 6.54 Å². The summed E-state index contributed by atoms with van der Waals surface area (Å²) in [5.41, 5.74) is 4.96. The summed E-state index contributed by atoms with van der Waals surface area (Å²) in [5, 5.41) is 3.35. The molecule has 2 nitrogen and oxygen atoms in total. The Morgan fingerprint density at radius 3 is 2.62 bits per heavy atom. The lowest BCUT2D eigenvalue weighted by atomic mass is 10.1. The van der Waals surface area contributed by atoms with Crippen molar-refractivity contribution in [1.29, 1.82) is 0 Å². The van der Waals surface area contributed by atoms with Crippen molar-refractivity contribution in [3.05, 3.63) is 63.1 Å². The van der Waals surface area contributed by atoms with E-state index in [0.717, 1.165) is 23.3 Å². The van der Waals surface area contributed by atoms with Gasteiger partial charge in [-0.05, 0) is 49.7 Å². The summed E-state index contributed by atoms with van der Waals surface area (Å²) in [5.74, 6) is 0.944. The Bertz CT molecular complexity index is 610. The molecule has 0 aliphatic carbocycles. The Labute approximate surface area is 135 Å². The summed E-state index contributed by atoms with van der Waals surface area (Å²) >= 11 is 3.52. The van der Waals surface area contributed by atoms with Crippen LogP contribution in [0.15, 0.2) is 40.9 Å². The second-order valence-corrected chi connectivity index (χ2v) is 6.17. The molecule has 0 radical (unpaired) electrons. The van der Waals surface area contributed by atoms with E-state index in [2.05, 4.69) is 66.3 Å². The lowest BCUT2D eigenvalue weighted by Crippen LogP contribution is -2.13. The third-order valence-electron chi connectivity index (χ3n) is 3.48. The molecule has 21 heavy (non-hydrogen) atoms. The molecule has 0 fully saturated rings. The van der Waals surface area contributed by atoms with Crippen molar-refractivity contribution < 1.29 is 4.74 Å². The summed E-state index contributed by atoms with van der Waals surface area (Å²) in [6.45, 7) is 8.71. The molecule has 2 rings (SSSR count). The zero-order valence-electron chi connectivity index (χ0n) is 12.9. The van der Waals surface area contributed by atoms with Crippen LogP contribution in [0.3, 0.4) is 0 Å². The molecule has 112 valence electrons. The van der Waals surface area contributed by atoms with Crippen LogP contribution in [0, 0.1) is 13.8 Å². The molecule has 3 heteroatoms. The lowest BCUT2D eigenvalue weighted by Gasteiger charge is -2.14. The molecule has 0 atom stereocenters. The van der Waals surface area contributed by atoms with Gasteiger partial charge in [0.2, 0.25) is 0 Å². The lowest BCUT2D eigenvalue weighted by molar-refractivity contribution is 0.301. The quantitative estimate of drug-likeness (QED) is 0.813. The van der Waals surface area contributed by atoms with Crippen LogP contribution in [-0.4, -0.2) is 6.54 Å². The molecule has 0 saturated carbocycles. The highest BCUT2D eigenvalue weighted by atomic mass is 79.9. The van der Waals surface area contributed by atoms with E-state index >= 15 is 0 Å². The van der Waals surface area contributed by atoms with Crippen LogP contribution in [0.25, 0.3) is 0 Å². The van der Waals surface area contributed by atoms with E-state index in [-0.39, 0.29) is 0 Å². The second-order valence-electron chi connectivity index (χ2n) is 5.25. The first-order chi connectivity index (χ1) is 10.1. The number of rotatable bonds is 6. The van der Waals surface area contributed by atoms with Crippen molar-refractivity contribution in [2.24, 2.45) is 0 Å². The highest BCUT2D eigenvalue weighted by Crippen LogP contribution is 2.24. The zero-order chi connectivity index (χ0) is 15.2. The number of nitrogens with one attached hydrogen (secondary N) is 1. The summed E-state index contributed by atoms with van der Waals surface area (Å²) < 4.78 is 7.13. The van der Waals surface area contributed by atoms with Gasteiger partial charge in [0.25, 0.3) is 0 Å². The third-order valence-corrected chi connectivity index (χ3v) is 3.97. The van der Waals surface area contributed by atoms with Crippen molar-refractivity contribution in [1.82, 2.24) is 5.32 Å². The molecular formula is C18H22BrNO. The van der Waals surface area contributed by atoms with Crippen LogP contribution in [0.4, 0.5) is 0 Å². The van der Waals surface area contributed by atoms with E-state index in [1.165, 1.54) is 22.3 Å². The second kappa shape index (κ2) is 7.62. The highest BCUT2D eigenvalue weighted by molar-refractivity contribution is 9.10. The molecule has 0 aromatic heterocycles. The van der Waals surface area contributed by atoms with E-state index in [0.29, 0.717) is 6.61 Å². The molecule has 0 bridgehead atoms. The van der Waals surface area contributed by atoms with Gasteiger partial charge >= 0.3 is 0 Å². The van der Waals surface area contributed by atoms with E-state index in [9.17, 15) is 0 Å². The van der Waals surface area contributed by atoms with Crippen molar-refractivity contribution in [3.63, 3.8) is 0 Å². The molecule has 0 aliphatic rings. The molecule has 0 unspecified atom stereocenters. The number of aryl methyl sites for hydroxylation is 2. The highest BCUT2D eigenvalue weighted by Gasteiger charge is 2.06. The van der Waals surface area contributed by atoms with Gasteiger partial charge in [-0.15, -0.1) is 0 Å². The fourth-order valence-electron chi connectivity index (χ4n) is 2.20. The van der Waals surface area contributed by atoms with E-state index in [1.54, 1.807) is 0 Å². The SMILES string of the molecule is CCNCc1cc(Br)ccc1OCc1cc(C)ccc1C. The Morgan fingerprint density at radius 2 is 1.86 bits per heavy atom. The Hall–Kier alpha value is -1.32. The maximum atomic E-state index is 6.05. The number of halogens is 1. The molecule has 2 aromatic rings. The van der Waals surface area contributed by atoms with Gasteiger partial charge in [0.1, 0.15) is 12.4 Å². The molecule has 0 heterocycles. The standard InChI is InChI=1S/C18H22BrNO/c1-4-20-11-15-10-17(19)7-8-18(15)21-12-16-9-13(2)5-6-14(16)3/h5-10,20H,4,11-12H2,1-3H3. The average molecular weight is 348 g/mol. The Balaban J connectivity index is 2.13. The first kappa shape index (κ1) is 16.1. The predicted octanol–water partition coefficient (Wildman–Crippen LogP) is 4.75. The Morgan fingerprint density at radius 1 is 1.05 bits per heavy atom. The number of hydrogen-bond acceptors (Lipinski definition) is 2. The van der Waals surface area contributed by atoms with E-state index < -0.39 is 0 Å². The molecular weight excluding hydrogens is 326 g/mol. The van der Waals surface area contributed by atoms with Crippen LogP contribution >= 0.6 is 15.9 Å². The van der Waals surface area contributed by atoms with Crippen LogP contribution < -0.4 is 10.1 Å². The average Bonchev–Trinajstić information content (AvgIpc) is 2.47. The minimum Gasteiger partial charge on any atom is -0.489 e. The summed E-state index contributed by atoms with van der Waals surface area (Å²) in [7, 11) is 0. The first-order valence-corrected chi connectivity index (χ1v) is 8.07. The van der Waals surface area contributed by atoms with Gasteiger partial charge in [0.15, 0.2) is 0 Å². The first-order valence-electron chi connectivity index (χ1n) is 7.28. The fourth-order valence-corrected chi connectivity index (χ4v) is 2.61. The minimum atomic E-state index is 0.605. The summed E-state index contributed by atoms with van der Waals surface area (Å²) in [6, 6.07) is 12.6. The van der Waals surface area contributed by atoms with Crippen LogP contribution in [0.2, 0.25) is 0 Å². The largest absolute Gasteiger partial charge is 0.489 e. The fraction of sp³-hybridized carbons (Fsp3) is 0.333. The topological polar surface area (TPSA) is 21.3 Å². The summed E-state index contributed by atoms with van der Waals surface area (Å²) in [4.78, 5) is 0. The molecule has 1 N–H and O–H groups in total. The van der Waals surface area contributed by atoms with Gasteiger partial charge in [0, 0.05) is 16.6 Å². The monoisotopic (exact) mass is 347 g/mol. The molecule has 2 aromatic carbocycles. The van der Waals surface area contributed by atoms with Crippen molar-refractivity contribution >= 4 is 15.9 Å². The molecule has 0 amide bonds. The maximum absolute atomic E-state index is 6.05. The number of hydrogen-bond donors (Lipinski definition) is 1. The Kier molecular flexibility index (Phi) is 5.83. The third kappa shape index (κ3) is 4.58.